The fourth-order valence-electron chi connectivity index (χ4n) is 10.8. The van der Waals surface area contributed by atoms with Gasteiger partial charge in [-0.05, 0) is 159 Å². The van der Waals surface area contributed by atoms with Crippen molar-refractivity contribution >= 4 is 35.1 Å². The van der Waals surface area contributed by atoms with E-state index in [9.17, 15) is 19.5 Å². The summed E-state index contributed by atoms with van der Waals surface area (Å²) in [6.07, 6.45) is 11.4. The normalized spacial score (nSPS) is 21.2. The number of nitrogens with zero attached hydrogens (tertiary/aromatic N) is 3. The van der Waals surface area contributed by atoms with Gasteiger partial charge in [-0.25, -0.2) is 9.18 Å². The third-order valence-electron chi connectivity index (χ3n) is 14.5. The van der Waals surface area contributed by atoms with Crippen LogP contribution in [0.2, 0.25) is 5.02 Å². The van der Waals surface area contributed by atoms with Gasteiger partial charge in [0.1, 0.15) is 28.5 Å². The molecule has 2 heterocycles. The number of aryl methyl sites for hydroxylation is 1. The lowest BCUT2D eigenvalue weighted by Crippen LogP contribution is -2.53. The van der Waals surface area contributed by atoms with Crippen molar-refractivity contribution in [3.05, 3.63) is 136 Å². The van der Waals surface area contributed by atoms with Crippen LogP contribution in [0.25, 0.3) is 11.1 Å². The predicted molar refractivity (Wildman–Crippen MR) is 258 cm³/mol. The first kappa shape index (κ1) is 47.5. The third kappa shape index (κ3) is 10.4. The van der Waals surface area contributed by atoms with Gasteiger partial charge >= 0.3 is 5.97 Å². The number of ether oxygens (including phenoxy) is 2. The number of benzene rings is 3. The minimum atomic E-state index is -1.14. The van der Waals surface area contributed by atoms with Gasteiger partial charge < -0.3 is 30.1 Å². The molecule has 3 aromatic carbocycles. The second-order valence-electron chi connectivity index (χ2n) is 19.0. The number of carboxylic acid groups (broad SMARTS) is 1. The molecule has 3 aliphatic carbocycles. The predicted octanol–water partition coefficient (Wildman–Crippen LogP) is 10.6. The van der Waals surface area contributed by atoms with Crippen LogP contribution in [0.1, 0.15) is 116 Å². The van der Waals surface area contributed by atoms with Crippen LogP contribution >= 0.6 is 11.6 Å². The molecule has 2 aromatic heterocycles. The molecule has 0 aliphatic heterocycles. The molecule has 0 radical (unpaired) electrons. The van der Waals surface area contributed by atoms with E-state index in [0.29, 0.717) is 67.5 Å². The van der Waals surface area contributed by atoms with E-state index in [2.05, 4.69) is 46.6 Å². The van der Waals surface area contributed by atoms with Crippen LogP contribution in [-0.4, -0.2) is 70.6 Å². The summed E-state index contributed by atoms with van der Waals surface area (Å²) >= 11 is 6.32. The maximum atomic E-state index is 15.0. The second kappa shape index (κ2) is 20.5. The van der Waals surface area contributed by atoms with Crippen molar-refractivity contribution in [1.29, 1.82) is 0 Å². The molecule has 3 N–H and O–H groups in total. The highest BCUT2D eigenvalue weighted by molar-refractivity contribution is 6.30. The van der Waals surface area contributed by atoms with Crippen LogP contribution in [0.15, 0.2) is 91.3 Å². The first-order chi connectivity index (χ1) is 32.3. The van der Waals surface area contributed by atoms with Gasteiger partial charge in [0.25, 0.3) is 5.91 Å². The van der Waals surface area contributed by atoms with Crippen LogP contribution in [-0.2, 0) is 34.4 Å². The molecule has 1 saturated carbocycles. The van der Waals surface area contributed by atoms with Crippen LogP contribution < -0.4 is 20.1 Å². The molecule has 8 rings (SSSR count). The number of hydrogen-bond donors (Lipinski definition) is 3. The Hall–Kier alpha value is -6.01. The molecule has 67 heavy (non-hydrogen) atoms. The quantitative estimate of drug-likeness (QED) is 0.0777. The number of carbonyl (C=O) groups is 3. The topological polar surface area (TPSA) is 143 Å². The highest BCUT2D eigenvalue weighted by Crippen LogP contribution is 2.57. The van der Waals surface area contributed by atoms with E-state index in [1.807, 2.05) is 30.5 Å². The summed E-state index contributed by atoms with van der Waals surface area (Å²) in [4.78, 5) is 48.8. The molecule has 1 spiro atoms. The standard InChI is InChI=1S/C54H61ClFN5O6/c1-34(33-67-48-19-24-58-46-11-5-8-35(2)50(46)48)26-40-28-37-13-16-43(30-44(37)53(40)20-22-54(23-21-53,52(64)65)60-42-10-6-9-41(55)29-42)66-25-7-12-49(62)61(4)32-39-27-36(14-17-45(39)56)38-15-18-47(59-31-38)51(63)57-3/h6,9-10,13-19,24,27,29-31,34-35,40,60H,5,7-8,11-12,20-23,25-26,28,32-33H2,1-4H3,(H,57,63)(H,64,65)/t34-,35-,40?,53?,54?/m1/s1. The lowest BCUT2D eigenvalue weighted by molar-refractivity contribution is -0.144. The number of anilines is 1. The number of halogens is 2. The molecular weight excluding hydrogens is 869 g/mol. The van der Waals surface area contributed by atoms with Gasteiger partial charge in [-0.3, -0.25) is 19.6 Å². The fraction of sp³-hybridized carbons (Fsp3) is 0.426. The summed E-state index contributed by atoms with van der Waals surface area (Å²) in [7, 11) is 3.20. The van der Waals surface area contributed by atoms with E-state index in [-0.39, 0.29) is 47.7 Å². The molecule has 13 heteroatoms. The maximum absolute atomic E-state index is 15.0. The first-order valence-corrected chi connectivity index (χ1v) is 24.0. The molecule has 1 fully saturated rings. The number of pyridine rings is 2. The van der Waals surface area contributed by atoms with E-state index < -0.39 is 17.3 Å². The van der Waals surface area contributed by atoms with E-state index in [1.165, 1.54) is 34.7 Å². The number of hydrogen-bond acceptors (Lipinski definition) is 8. The number of amides is 2. The Morgan fingerprint density at radius 1 is 0.985 bits per heavy atom. The van der Waals surface area contributed by atoms with Crippen molar-refractivity contribution < 1.29 is 33.4 Å². The Kier molecular flexibility index (Phi) is 14.5. The van der Waals surface area contributed by atoms with E-state index in [1.54, 1.807) is 49.6 Å². The monoisotopic (exact) mass is 929 g/mol. The lowest BCUT2D eigenvalue weighted by atomic mass is 9.59. The van der Waals surface area contributed by atoms with Gasteiger partial charge in [0.2, 0.25) is 5.91 Å². The summed E-state index contributed by atoms with van der Waals surface area (Å²) in [5, 5.41) is 17.2. The highest BCUT2D eigenvalue weighted by atomic mass is 35.5. The molecule has 11 nitrogen and oxygen atoms in total. The van der Waals surface area contributed by atoms with Gasteiger partial charge in [-0.2, -0.15) is 0 Å². The molecule has 1 unspecified atom stereocenters. The highest BCUT2D eigenvalue weighted by Gasteiger charge is 2.54. The van der Waals surface area contributed by atoms with Gasteiger partial charge in [0.05, 0.1) is 13.2 Å². The van der Waals surface area contributed by atoms with Crippen molar-refractivity contribution in [2.75, 3.05) is 32.6 Å². The average molecular weight is 931 g/mol. The fourth-order valence-corrected chi connectivity index (χ4v) is 11.0. The number of aromatic nitrogens is 2. The van der Waals surface area contributed by atoms with Gasteiger partial charge in [-0.15, -0.1) is 0 Å². The SMILES string of the molecule is CNC(=O)c1ccc(-c2ccc(F)c(CN(C)C(=O)CCCOc3ccc4c(c3)C3(CCC(Nc5cccc(Cl)c5)(C(=O)O)CC3)C(C[C@@H](C)COc3ccnc5c3[C@H](C)CCC5)C4)c2)cn1. The Morgan fingerprint density at radius 2 is 1.79 bits per heavy atom. The lowest BCUT2D eigenvalue weighted by Gasteiger charge is -2.47. The number of carbonyl (C=O) groups excluding carboxylic acids is 2. The van der Waals surface area contributed by atoms with Gasteiger partial charge in [0.15, 0.2) is 0 Å². The van der Waals surface area contributed by atoms with E-state index in [0.717, 1.165) is 60.4 Å². The summed E-state index contributed by atoms with van der Waals surface area (Å²) in [5.41, 5.74) is 6.28. The largest absolute Gasteiger partial charge is 0.494 e. The van der Waals surface area contributed by atoms with Crippen molar-refractivity contribution in [3.63, 3.8) is 0 Å². The Morgan fingerprint density at radius 3 is 2.54 bits per heavy atom. The maximum Gasteiger partial charge on any atom is 0.329 e. The second-order valence-corrected chi connectivity index (χ2v) is 19.5. The molecule has 5 aromatic rings. The van der Waals surface area contributed by atoms with Crippen LogP contribution in [0.5, 0.6) is 11.5 Å². The summed E-state index contributed by atoms with van der Waals surface area (Å²) in [5.74, 6) is 0.883. The Balaban J connectivity index is 0.929. The zero-order chi connectivity index (χ0) is 47.3. The minimum absolute atomic E-state index is 0.0879. The first-order valence-electron chi connectivity index (χ1n) is 23.6. The van der Waals surface area contributed by atoms with E-state index >= 15 is 4.39 Å². The zero-order valence-electron chi connectivity index (χ0n) is 38.9. The van der Waals surface area contributed by atoms with Crippen LogP contribution in [0, 0.1) is 17.7 Å². The van der Waals surface area contributed by atoms with Crippen molar-refractivity contribution in [2.24, 2.45) is 11.8 Å². The van der Waals surface area contributed by atoms with Crippen molar-refractivity contribution in [2.45, 2.75) is 108 Å². The zero-order valence-corrected chi connectivity index (χ0v) is 39.6. The number of aliphatic carboxylic acids is 1. The Labute approximate surface area is 397 Å². The third-order valence-corrected chi connectivity index (χ3v) is 14.7. The summed E-state index contributed by atoms with van der Waals surface area (Å²) in [6.45, 7) is 5.50. The molecule has 3 atom stereocenters. The van der Waals surface area contributed by atoms with Crippen molar-refractivity contribution in [1.82, 2.24) is 20.2 Å². The van der Waals surface area contributed by atoms with Crippen LogP contribution in [0.4, 0.5) is 10.1 Å². The molecule has 352 valence electrons. The summed E-state index contributed by atoms with van der Waals surface area (Å²) < 4.78 is 28.0. The molecule has 0 saturated heterocycles. The number of fused-ring (bicyclic) bond motifs is 3. The van der Waals surface area contributed by atoms with Gasteiger partial charge in [-0.1, -0.05) is 49.7 Å². The van der Waals surface area contributed by atoms with Crippen molar-refractivity contribution in [3.8, 4) is 22.6 Å². The van der Waals surface area contributed by atoms with Gasteiger partial charge in [0, 0.05) is 72.5 Å². The number of rotatable bonds is 17. The molecular formula is C54H61ClFN5O6. The van der Waals surface area contributed by atoms with E-state index in [4.69, 9.17) is 21.1 Å². The molecule has 3 aliphatic rings. The smallest absolute Gasteiger partial charge is 0.329 e. The number of carboxylic acids is 1. The Bertz CT molecular complexity index is 2600. The molecule has 0 bridgehead atoms. The number of nitrogens with one attached hydrogen (secondary N) is 2. The average Bonchev–Trinajstić information content (AvgIpc) is 3.61. The van der Waals surface area contributed by atoms with Crippen LogP contribution in [0.3, 0.4) is 0 Å². The minimum Gasteiger partial charge on any atom is -0.494 e. The molecule has 2 amide bonds. The summed E-state index contributed by atoms with van der Waals surface area (Å²) in [6, 6.07) is 23.7.